The highest BCUT2D eigenvalue weighted by Crippen LogP contribution is 2.59. The Bertz CT molecular complexity index is 743. The summed E-state index contributed by atoms with van der Waals surface area (Å²) >= 11 is 0. The van der Waals surface area contributed by atoms with Crippen LogP contribution >= 0.6 is 0 Å². The number of ketones is 1. The molecule has 0 aromatic carbocycles. The predicted octanol–water partition coefficient (Wildman–Crippen LogP) is 3.75. The zero-order valence-electron chi connectivity index (χ0n) is 15.5. The minimum absolute atomic E-state index is 0.0422. The van der Waals surface area contributed by atoms with Crippen molar-refractivity contribution in [3.8, 4) is 0 Å². The third-order valence-electron chi connectivity index (χ3n) is 6.43. The highest BCUT2D eigenvalue weighted by molar-refractivity contribution is 5.99. The van der Waals surface area contributed by atoms with Gasteiger partial charge in [0.15, 0.2) is 5.76 Å². The first-order valence-corrected chi connectivity index (χ1v) is 8.87. The van der Waals surface area contributed by atoms with Crippen molar-refractivity contribution in [3.63, 3.8) is 0 Å². The van der Waals surface area contributed by atoms with E-state index in [2.05, 4.69) is 0 Å². The number of hydrogen-bond donors (Lipinski definition) is 1. The summed E-state index contributed by atoms with van der Waals surface area (Å²) < 4.78 is 11.5. The van der Waals surface area contributed by atoms with Gasteiger partial charge in [0.2, 0.25) is 5.78 Å². The average molecular weight is 346 g/mol. The fourth-order valence-corrected chi connectivity index (χ4v) is 4.41. The first kappa shape index (κ1) is 17.9. The lowest BCUT2D eigenvalue weighted by Crippen LogP contribution is -2.54. The molecule has 0 radical (unpaired) electrons. The van der Waals surface area contributed by atoms with Gasteiger partial charge in [-0.2, -0.15) is 0 Å². The molecule has 1 fully saturated rings. The molecule has 0 aliphatic heterocycles. The summed E-state index contributed by atoms with van der Waals surface area (Å²) in [6, 6.07) is 0. The van der Waals surface area contributed by atoms with Gasteiger partial charge in [0.25, 0.3) is 0 Å². The van der Waals surface area contributed by atoms with Gasteiger partial charge in [0, 0.05) is 22.5 Å². The van der Waals surface area contributed by atoms with Crippen molar-refractivity contribution in [1.29, 1.82) is 0 Å². The lowest BCUT2D eigenvalue weighted by Gasteiger charge is -2.53. The van der Waals surface area contributed by atoms with Crippen molar-refractivity contribution in [1.82, 2.24) is 0 Å². The number of aliphatic hydroxyl groups excluding tert-OH is 1. The number of Topliss-reactive ketones (excluding diaryl/α,β-unsaturated/α-hetero) is 1. The molecular formula is C20H26O5. The quantitative estimate of drug-likeness (QED) is 0.652. The minimum Gasteiger partial charge on any atom is -0.461 e. The van der Waals surface area contributed by atoms with E-state index in [9.17, 15) is 14.7 Å². The maximum Gasteiger partial charge on any atom is 0.334 e. The molecule has 1 aromatic rings. The van der Waals surface area contributed by atoms with E-state index in [1.807, 2.05) is 20.8 Å². The van der Waals surface area contributed by atoms with Crippen LogP contribution in [0.1, 0.15) is 68.3 Å². The van der Waals surface area contributed by atoms with Crippen molar-refractivity contribution in [2.24, 2.45) is 17.3 Å². The normalized spacial score (nSPS) is 35.1. The molecule has 25 heavy (non-hydrogen) atoms. The van der Waals surface area contributed by atoms with Gasteiger partial charge in [-0.15, -0.1) is 0 Å². The number of ether oxygens (including phenoxy) is 1. The van der Waals surface area contributed by atoms with E-state index in [0.717, 1.165) is 5.56 Å². The molecule has 136 valence electrons. The number of esters is 1. The van der Waals surface area contributed by atoms with Crippen LogP contribution in [0.15, 0.2) is 22.3 Å². The number of hydrogen-bond acceptors (Lipinski definition) is 5. The Morgan fingerprint density at radius 1 is 1.44 bits per heavy atom. The lowest BCUT2D eigenvalue weighted by molar-refractivity contribution is -0.168. The summed E-state index contributed by atoms with van der Waals surface area (Å²) in [5.41, 5.74) is 1.30. The molecule has 0 saturated heterocycles. The van der Waals surface area contributed by atoms with Crippen molar-refractivity contribution in [2.75, 3.05) is 0 Å². The van der Waals surface area contributed by atoms with Gasteiger partial charge in [-0.05, 0) is 45.1 Å². The summed E-state index contributed by atoms with van der Waals surface area (Å²) in [4.78, 5) is 25.5. The van der Waals surface area contributed by atoms with Crippen LogP contribution in [-0.4, -0.2) is 23.0 Å². The van der Waals surface area contributed by atoms with Gasteiger partial charge in [-0.1, -0.05) is 19.9 Å². The summed E-state index contributed by atoms with van der Waals surface area (Å²) in [5.74, 6) is -0.645. The number of carbonyl (C=O) groups is 2. The third-order valence-corrected chi connectivity index (χ3v) is 6.43. The van der Waals surface area contributed by atoms with Crippen LogP contribution in [0.25, 0.3) is 0 Å². The maximum atomic E-state index is 13.0. The minimum atomic E-state index is -0.667. The molecule has 0 amide bonds. The average Bonchev–Trinajstić information content (AvgIpc) is 2.97. The first-order valence-electron chi connectivity index (χ1n) is 8.87. The SMILES string of the molecule is C/C=C(/C)C(=O)O[C@@H]1c2c(C)coc2C(=O)[C@@H]2CC[C@@H](O)[C@H](C)[C@@]12C. The second-order valence-corrected chi connectivity index (χ2v) is 7.63. The van der Waals surface area contributed by atoms with Crippen LogP contribution in [-0.2, 0) is 9.53 Å². The Morgan fingerprint density at radius 2 is 2.12 bits per heavy atom. The fraction of sp³-hybridized carbons (Fsp3) is 0.600. The van der Waals surface area contributed by atoms with Crippen molar-refractivity contribution in [3.05, 3.63) is 34.8 Å². The van der Waals surface area contributed by atoms with Crippen molar-refractivity contribution < 1.29 is 23.8 Å². The van der Waals surface area contributed by atoms with Gasteiger partial charge in [-0.3, -0.25) is 4.79 Å². The molecule has 0 unspecified atom stereocenters. The van der Waals surface area contributed by atoms with Crippen LogP contribution in [0, 0.1) is 24.2 Å². The predicted molar refractivity (Wildman–Crippen MR) is 92.0 cm³/mol. The molecule has 0 spiro atoms. The van der Waals surface area contributed by atoms with E-state index in [4.69, 9.17) is 9.15 Å². The molecule has 5 nitrogen and oxygen atoms in total. The highest BCUT2D eigenvalue weighted by atomic mass is 16.5. The number of aliphatic hydroxyl groups is 1. The number of fused-ring (bicyclic) bond motifs is 2. The number of rotatable bonds is 2. The second kappa shape index (κ2) is 6.13. The summed E-state index contributed by atoms with van der Waals surface area (Å²) in [7, 11) is 0. The maximum absolute atomic E-state index is 13.0. The first-order chi connectivity index (χ1) is 11.7. The Hall–Kier alpha value is -1.88. The summed E-state index contributed by atoms with van der Waals surface area (Å²) in [6.07, 6.45) is 3.25. The number of carbonyl (C=O) groups excluding carboxylic acids is 2. The van der Waals surface area contributed by atoms with Crippen LogP contribution in [0.5, 0.6) is 0 Å². The molecule has 2 aliphatic carbocycles. The van der Waals surface area contributed by atoms with E-state index in [1.165, 1.54) is 0 Å². The summed E-state index contributed by atoms with van der Waals surface area (Å²) in [6.45, 7) is 9.24. The van der Waals surface area contributed by atoms with Crippen molar-refractivity contribution >= 4 is 11.8 Å². The number of furan rings is 1. The molecule has 0 bridgehead atoms. The zero-order chi connectivity index (χ0) is 18.5. The fourth-order valence-electron chi connectivity index (χ4n) is 4.41. The molecular weight excluding hydrogens is 320 g/mol. The second-order valence-electron chi connectivity index (χ2n) is 7.63. The lowest BCUT2D eigenvalue weighted by atomic mass is 9.53. The highest BCUT2D eigenvalue weighted by Gasteiger charge is 2.60. The molecule has 5 heteroatoms. The van der Waals surface area contributed by atoms with E-state index in [0.29, 0.717) is 29.7 Å². The molecule has 1 N–H and O–H groups in total. The van der Waals surface area contributed by atoms with E-state index >= 15 is 0 Å². The van der Waals surface area contributed by atoms with E-state index < -0.39 is 23.6 Å². The Balaban J connectivity index is 2.16. The van der Waals surface area contributed by atoms with Gasteiger partial charge < -0.3 is 14.3 Å². The van der Waals surface area contributed by atoms with Crippen molar-refractivity contribution in [2.45, 2.75) is 59.7 Å². The zero-order valence-corrected chi connectivity index (χ0v) is 15.5. The van der Waals surface area contributed by atoms with E-state index in [-0.39, 0.29) is 17.6 Å². The topological polar surface area (TPSA) is 76.7 Å². The van der Waals surface area contributed by atoms with Crippen LogP contribution < -0.4 is 0 Å². The molecule has 5 atom stereocenters. The van der Waals surface area contributed by atoms with Crippen LogP contribution in [0.2, 0.25) is 0 Å². The number of aryl methyl sites for hydroxylation is 1. The third kappa shape index (κ3) is 2.48. The smallest absolute Gasteiger partial charge is 0.334 e. The number of allylic oxidation sites excluding steroid dienone is 1. The molecule has 3 rings (SSSR count). The van der Waals surface area contributed by atoms with Gasteiger partial charge >= 0.3 is 5.97 Å². The Morgan fingerprint density at radius 3 is 2.76 bits per heavy atom. The summed E-state index contributed by atoms with van der Waals surface area (Å²) in [5, 5.41) is 10.5. The molecule has 2 aliphatic rings. The van der Waals surface area contributed by atoms with E-state index in [1.54, 1.807) is 26.2 Å². The van der Waals surface area contributed by atoms with Gasteiger partial charge in [0.05, 0.1) is 12.4 Å². The Kier molecular flexibility index (Phi) is 4.40. The Labute approximate surface area is 148 Å². The van der Waals surface area contributed by atoms with Gasteiger partial charge in [-0.25, -0.2) is 4.79 Å². The molecule has 1 heterocycles. The van der Waals surface area contributed by atoms with Gasteiger partial charge in [0.1, 0.15) is 6.10 Å². The monoisotopic (exact) mass is 346 g/mol. The standard InChI is InChI=1S/C20H26O5/c1-6-10(2)19(23)25-18-15-11(3)9-24-17(15)16(22)13-7-8-14(21)12(4)20(13,18)5/h6,9,12-14,18,21H,7-8H2,1-5H3/b10-6-/t12-,13-,14+,18+,20+/m0/s1. The molecule has 1 aromatic heterocycles. The van der Waals surface area contributed by atoms with Crippen LogP contribution in [0.4, 0.5) is 0 Å². The largest absolute Gasteiger partial charge is 0.461 e. The molecule has 1 saturated carbocycles. The van der Waals surface area contributed by atoms with Crippen LogP contribution in [0.3, 0.4) is 0 Å².